The molecule has 2 nitrogen and oxygen atoms in total. The molecule has 0 unspecified atom stereocenters. The lowest BCUT2D eigenvalue weighted by molar-refractivity contribution is -0.134. The van der Waals surface area contributed by atoms with Crippen molar-refractivity contribution in [2.24, 2.45) is 5.41 Å². The predicted molar refractivity (Wildman–Crippen MR) is 42.6 cm³/mol. The molecule has 0 aliphatic rings. The van der Waals surface area contributed by atoms with E-state index in [2.05, 4.69) is 0 Å². The number of amides is 1. The normalized spacial score (nSPS) is 11.2. The summed E-state index contributed by atoms with van der Waals surface area (Å²) in [6, 6.07) is 0. The molecule has 10 heavy (non-hydrogen) atoms. The third-order valence-electron chi connectivity index (χ3n) is 1.24. The van der Waals surface area contributed by atoms with Gasteiger partial charge in [-0.1, -0.05) is 20.8 Å². The van der Waals surface area contributed by atoms with E-state index in [1.807, 2.05) is 27.7 Å². The SMILES string of the molecule is [B]N(CC)C(=O)C(C)(C)C. The third kappa shape index (κ3) is 2.42. The molecular formula is C7H14BNO. The molecule has 0 spiro atoms. The molecule has 0 heterocycles. The molecule has 0 fully saturated rings. The molecule has 0 atom stereocenters. The van der Waals surface area contributed by atoms with E-state index in [0.717, 1.165) is 0 Å². The maximum Gasteiger partial charge on any atom is 0.230 e. The molecular weight excluding hydrogens is 125 g/mol. The van der Waals surface area contributed by atoms with E-state index in [9.17, 15) is 4.79 Å². The van der Waals surface area contributed by atoms with Crippen LogP contribution < -0.4 is 0 Å². The Morgan fingerprint density at radius 3 is 2.00 bits per heavy atom. The van der Waals surface area contributed by atoms with Crippen LogP contribution in [0.5, 0.6) is 0 Å². The Kier molecular flexibility index (Phi) is 2.94. The van der Waals surface area contributed by atoms with E-state index in [1.165, 1.54) is 4.81 Å². The minimum Gasteiger partial charge on any atom is -0.397 e. The van der Waals surface area contributed by atoms with Crippen LogP contribution in [0.1, 0.15) is 27.7 Å². The molecule has 0 aromatic heterocycles. The summed E-state index contributed by atoms with van der Waals surface area (Å²) in [5.41, 5.74) is -0.356. The van der Waals surface area contributed by atoms with Crippen molar-refractivity contribution in [3.8, 4) is 0 Å². The van der Waals surface area contributed by atoms with Crippen molar-refractivity contribution < 1.29 is 4.79 Å². The molecule has 0 bridgehead atoms. The molecule has 0 aliphatic carbocycles. The molecule has 0 rings (SSSR count). The van der Waals surface area contributed by atoms with E-state index in [-0.39, 0.29) is 11.3 Å². The largest absolute Gasteiger partial charge is 0.397 e. The summed E-state index contributed by atoms with van der Waals surface area (Å²) in [6.07, 6.45) is 0. The van der Waals surface area contributed by atoms with E-state index >= 15 is 0 Å². The van der Waals surface area contributed by atoms with Gasteiger partial charge in [-0.05, 0) is 6.92 Å². The van der Waals surface area contributed by atoms with Crippen molar-refractivity contribution in [3.63, 3.8) is 0 Å². The van der Waals surface area contributed by atoms with Gasteiger partial charge >= 0.3 is 0 Å². The van der Waals surface area contributed by atoms with E-state index in [0.29, 0.717) is 6.54 Å². The highest BCUT2D eigenvalue weighted by molar-refractivity contribution is 6.15. The summed E-state index contributed by atoms with van der Waals surface area (Å²) in [4.78, 5) is 12.4. The fraction of sp³-hybridized carbons (Fsp3) is 0.857. The van der Waals surface area contributed by atoms with Crippen molar-refractivity contribution in [2.45, 2.75) is 27.7 Å². The first-order chi connectivity index (χ1) is 4.39. The fourth-order valence-electron chi connectivity index (χ4n) is 0.574. The summed E-state index contributed by atoms with van der Waals surface area (Å²) >= 11 is 0. The zero-order valence-electron chi connectivity index (χ0n) is 7.14. The third-order valence-corrected chi connectivity index (χ3v) is 1.24. The van der Waals surface area contributed by atoms with Gasteiger partial charge in [0.05, 0.1) is 0 Å². The Morgan fingerprint density at radius 1 is 1.50 bits per heavy atom. The van der Waals surface area contributed by atoms with E-state index in [1.54, 1.807) is 0 Å². The van der Waals surface area contributed by atoms with Crippen LogP contribution in [0.2, 0.25) is 0 Å². The predicted octanol–water partition coefficient (Wildman–Crippen LogP) is 0.964. The van der Waals surface area contributed by atoms with Crippen molar-refractivity contribution in [3.05, 3.63) is 0 Å². The maximum absolute atomic E-state index is 11.2. The lowest BCUT2D eigenvalue weighted by Crippen LogP contribution is -2.37. The van der Waals surface area contributed by atoms with Gasteiger partial charge < -0.3 is 4.81 Å². The van der Waals surface area contributed by atoms with Gasteiger partial charge in [0, 0.05) is 12.0 Å². The Morgan fingerprint density at radius 2 is 1.90 bits per heavy atom. The summed E-state index contributed by atoms with van der Waals surface area (Å²) < 4.78 is 0. The van der Waals surface area contributed by atoms with Crippen molar-refractivity contribution in [1.82, 2.24) is 4.81 Å². The Balaban J connectivity index is 4.09. The molecule has 0 aromatic carbocycles. The van der Waals surface area contributed by atoms with Gasteiger partial charge in [-0.3, -0.25) is 4.79 Å². The molecule has 2 radical (unpaired) electrons. The maximum atomic E-state index is 11.2. The van der Waals surface area contributed by atoms with Crippen molar-refractivity contribution in [1.29, 1.82) is 0 Å². The van der Waals surface area contributed by atoms with Gasteiger partial charge in [0.1, 0.15) is 0 Å². The van der Waals surface area contributed by atoms with E-state index < -0.39 is 0 Å². The second-order valence-electron chi connectivity index (χ2n) is 3.34. The molecule has 3 heteroatoms. The quantitative estimate of drug-likeness (QED) is 0.495. The van der Waals surface area contributed by atoms with Crippen LogP contribution >= 0.6 is 0 Å². The lowest BCUT2D eigenvalue weighted by Gasteiger charge is -2.25. The minimum absolute atomic E-state index is 0.0185. The second kappa shape index (κ2) is 3.08. The van der Waals surface area contributed by atoms with Gasteiger partial charge in [0.2, 0.25) is 13.9 Å². The topological polar surface area (TPSA) is 20.3 Å². The number of hydrogen-bond acceptors (Lipinski definition) is 1. The zero-order chi connectivity index (χ0) is 8.36. The minimum atomic E-state index is -0.356. The Labute approximate surface area is 64.0 Å². The average Bonchev–Trinajstić information content (AvgIpc) is 1.83. The van der Waals surface area contributed by atoms with Crippen LogP contribution in [0.3, 0.4) is 0 Å². The van der Waals surface area contributed by atoms with Crippen molar-refractivity contribution in [2.75, 3.05) is 6.54 Å². The molecule has 0 aromatic rings. The highest BCUT2D eigenvalue weighted by Gasteiger charge is 2.23. The molecule has 0 aliphatic heterocycles. The zero-order valence-corrected chi connectivity index (χ0v) is 7.14. The molecule has 1 amide bonds. The molecule has 0 N–H and O–H groups in total. The number of carbonyl (C=O) groups is 1. The molecule has 0 saturated carbocycles. The van der Waals surface area contributed by atoms with Gasteiger partial charge in [-0.25, -0.2) is 0 Å². The standard InChI is InChI=1S/C7H14BNO/c1-5-9(8)6(10)7(2,3)4/h5H2,1-4H3. The van der Waals surface area contributed by atoms with Crippen LogP contribution in [0.4, 0.5) is 0 Å². The van der Waals surface area contributed by atoms with Crippen LogP contribution in [0, 0.1) is 5.41 Å². The number of nitrogens with zero attached hydrogens (tertiary/aromatic N) is 1. The highest BCUT2D eigenvalue weighted by Crippen LogP contribution is 2.15. The average molecular weight is 139 g/mol. The first-order valence-corrected chi connectivity index (χ1v) is 3.46. The van der Waals surface area contributed by atoms with Crippen LogP contribution in [0.15, 0.2) is 0 Å². The summed E-state index contributed by atoms with van der Waals surface area (Å²) in [7, 11) is 5.39. The fourth-order valence-corrected chi connectivity index (χ4v) is 0.574. The highest BCUT2D eigenvalue weighted by atomic mass is 16.2. The number of rotatable bonds is 1. The summed E-state index contributed by atoms with van der Waals surface area (Å²) in [6.45, 7) is 7.97. The summed E-state index contributed by atoms with van der Waals surface area (Å²) in [5.74, 6) is -0.0185. The van der Waals surface area contributed by atoms with Gasteiger partial charge in [0.25, 0.3) is 0 Å². The summed E-state index contributed by atoms with van der Waals surface area (Å²) in [5, 5.41) is 0. The Hall–Kier alpha value is -0.465. The lowest BCUT2D eigenvalue weighted by atomic mass is 9.93. The number of hydrogen-bond donors (Lipinski definition) is 0. The molecule has 56 valence electrons. The van der Waals surface area contributed by atoms with Crippen LogP contribution in [-0.2, 0) is 4.79 Å². The van der Waals surface area contributed by atoms with Gasteiger partial charge in [-0.2, -0.15) is 0 Å². The van der Waals surface area contributed by atoms with Gasteiger partial charge in [0.15, 0.2) is 0 Å². The van der Waals surface area contributed by atoms with Crippen LogP contribution in [0.25, 0.3) is 0 Å². The molecule has 0 saturated heterocycles. The first-order valence-electron chi connectivity index (χ1n) is 3.46. The monoisotopic (exact) mass is 139 g/mol. The Bertz CT molecular complexity index is 128. The van der Waals surface area contributed by atoms with Crippen LogP contribution in [-0.4, -0.2) is 25.2 Å². The van der Waals surface area contributed by atoms with Crippen molar-refractivity contribution >= 4 is 13.9 Å². The van der Waals surface area contributed by atoms with E-state index in [4.69, 9.17) is 7.98 Å². The van der Waals surface area contributed by atoms with Gasteiger partial charge in [-0.15, -0.1) is 0 Å². The second-order valence-corrected chi connectivity index (χ2v) is 3.34. The smallest absolute Gasteiger partial charge is 0.230 e. The first kappa shape index (κ1) is 9.53. The number of carbonyl (C=O) groups excluding carboxylic acids is 1.